The lowest BCUT2D eigenvalue weighted by atomic mass is 9.98. The summed E-state index contributed by atoms with van der Waals surface area (Å²) in [6.07, 6.45) is 6.49. The van der Waals surface area contributed by atoms with Crippen molar-refractivity contribution in [3.8, 4) is 0 Å². The first-order valence-electron chi connectivity index (χ1n) is 13.5. The van der Waals surface area contributed by atoms with Crippen molar-refractivity contribution in [1.29, 1.82) is 0 Å². The number of carbonyl (C=O) groups excluding carboxylic acids is 2. The summed E-state index contributed by atoms with van der Waals surface area (Å²) >= 11 is 0. The standard InChI is InChI=1S/C27H37N5O4S/c1-20-26(21(2)32(28-20)19-25(33)31-17-13-22-10-5-6-12-24(22)31)37(35,36)30-16-9-11-23(18-30)27(34)29-14-7-3-4-8-15-29/h5-6,10,12,23H,3-4,7-9,11,13-19H2,1-2H3/t23-/m0/s1. The number of hydrogen-bond acceptors (Lipinski definition) is 5. The van der Waals surface area contributed by atoms with Crippen molar-refractivity contribution in [2.24, 2.45) is 5.92 Å². The van der Waals surface area contributed by atoms with Gasteiger partial charge in [-0.15, -0.1) is 0 Å². The van der Waals surface area contributed by atoms with Crippen molar-refractivity contribution in [3.05, 3.63) is 41.2 Å². The number of benzene rings is 1. The monoisotopic (exact) mass is 527 g/mol. The number of para-hydroxylation sites is 1. The fourth-order valence-corrected chi connectivity index (χ4v) is 7.96. The molecular weight excluding hydrogens is 490 g/mol. The molecule has 4 heterocycles. The highest BCUT2D eigenvalue weighted by atomic mass is 32.2. The van der Waals surface area contributed by atoms with Crippen LogP contribution in [0, 0.1) is 19.8 Å². The molecule has 2 amide bonds. The van der Waals surface area contributed by atoms with Crippen LogP contribution in [0.5, 0.6) is 0 Å². The summed E-state index contributed by atoms with van der Waals surface area (Å²) in [6.45, 7) is 6.10. The van der Waals surface area contributed by atoms with Gasteiger partial charge >= 0.3 is 0 Å². The first kappa shape index (κ1) is 25.9. The molecule has 0 unspecified atom stereocenters. The average Bonchev–Trinajstić information content (AvgIpc) is 3.31. The van der Waals surface area contributed by atoms with E-state index in [1.165, 1.54) is 8.99 Å². The second-order valence-corrected chi connectivity index (χ2v) is 12.4. The molecule has 0 saturated carbocycles. The molecular formula is C27H37N5O4S. The zero-order valence-corrected chi connectivity index (χ0v) is 22.7. The summed E-state index contributed by atoms with van der Waals surface area (Å²) in [7, 11) is -3.86. The van der Waals surface area contributed by atoms with Crippen molar-refractivity contribution in [2.45, 2.75) is 70.2 Å². The minimum absolute atomic E-state index is 0.0212. The van der Waals surface area contributed by atoms with Gasteiger partial charge in [0.25, 0.3) is 0 Å². The molecule has 0 aliphatic carbocycles. The van der Waals surface area contributed by atoms with Gasteiger partial charge in [0.2, 0.25) is 21.8 Å². The molecule has 0 bridgehead atoms. The largest absolute Gasteiger partial charge is 0.342 e. The van der Waals surface area contributed by atoms with Gasteiger partial charge in [0.05, 0.1) is 17.3 Å². The van der Waals surface area contributed by atoms with E-state index in [4.69, 9.17) is 0 Å². The van der Waals surface area contributed by atoms with Gasteiger partial charge in [-0.25, -0.2) is 8.42 Å². The van der Waals surface area contributed by atoms with E-state index >= 15 is 0 Å². The Balaban J connectivity index is 1.32. The zero-order chi connectivity index (χ0) is 26.2. The van der Waals surface area contributed by atoms with Crippen molar-refractivity contribution < 1.29 is 18.0 Å². The number of carbonyl (C=O) groups is 2. The molecule has 5 rings (SSSR count). The number of amides is 2. The van der Waals surface area contributed by atoms with Crippen LogP contribution >= 0.6 is 0 Å². The van der Waals surface area contributed by atoms with Crippen LogP contribution in [0.25, 0.3) is 0 Å². The third kappa shape index (κ3) is 5.05. The van der Waals surface area contributed by atoms with Crippen LogP contribution < -0.4 is 4.90 Å². The molecule has 0 radical (unpaired) electrons. The Morgan fingerprint density at radius 2 is 1.70 bits per heavy atom. The van der Waals surface area contributed by atoms with Crippen molar-refractivity contribution in [3.63, 3.8) is 0 Å². The molecule has 0 N–H and O–H groups in total. The van der Waals surface area contributed by atoms with Crippen molar-refractivity contribution in [2.75, 3.05) is 37.6 Å². The van der Waals surface area contributed by atoms with Gasteiger partial charge < -0.3 is 9.80 Å². The number of sulfonamides is 1. The Labute approximate surface area is 219 Å². The quantitative estimate of drug-likeness (QED) is 0.596. The topological polar surface area (TPSA) is 95.8 Å². The number of rotatable bonds is 5. The van der Waals surface area contributed by atoms with Crippen molar-refractivity contribution in [1.82, 2.24) is 19.0 Å². The first-order valence-corrected chi connectivity index (χ1v) is 14.9. The average molecular weight is 528 g/mol. The lowest BCUT2D eigenvalue weighted by molar-refractivity contribution is -0.136. The van der Waals surface area contributed by atoms with E-state index in [9.17, 15) is 18.0 Å². The molecule has 1 atom stereocenters. The molecule has 37 heavy (non-hydrogen) atoms. The zero-order valence-electron chi connectivity index (χ0n) is 21.9. The fourth-order valence-electron chi connectivity index (χ4n) is 6.06. The van der Waals surface area contributed by atoms with Crippen LogP contribution in [0.1, 0.15) is 55.5 Å². The second kappa shape index (κ2) is 10.6. The summed E-state index contributed by atoms with van der Waals surface area (Å²) in [4.78, 5) is 30.2. The Hall–Kier alpha value is -2.72. The molecule has 3 aliphatic rings. The molecule has 1 aromatic heterocycles. The third-order valence-corrected chi connectivity index (χ3v) is 10.2. The molecule has 10 heteroatoms. The Bertz CT molecular complexity index is 1280. The maximum Gasteiger partial charge on any atom is 0.248 e. The summed E-state index contributed by atoms with van der Waals surface area (Å²) in [5.41, 5.74) is 2.89. The molecule has 2 aromatic rings. The van der Waals surface area contributed by atoms with Crippen LogP contribution in [0.3, 0.4) is 0 Å². The van der Waals surface area contributed by atoms with E-state index in [0.29, 0.717) is 37.3 Å². The van der Waals surface area contributed by atoms with Crippen molar-refractivity contribution >= 4 is 27.5 Å². The minimum atomic E-state index is -3.86. The van der Waals surface area contributed by atoms with Crippen LogP contribution in [0.15, 0.2) is 29.2 Å². The number of anilines is 1. The number of aromatic nitrogens is 2. The highest BCUT2D eigenvalue weighted by Gasteiger charge is 2.38. The number of aryl methyl sites for hydroxylation is 1. The van der Waals surface area contributed by atoms with Crippen LogP contribution in [0.2, 0.25) is 0 Å². The molecule has 1 aromatic carbocycles. The molecule has 0 spiro atoms. The smallest absolute Gasteiger partial charge is 0.248 e. The van der Waals surface area contributed by atoms with Gasteiger partial charge in [-0.3, -0.25) is 14.3 Å². The summed E-state index contributed by atoms with van der Waals surface area (Å²) in [5.74, 6) is -0.336. The van der Waals surface area contributed by atoms with Gasteiger partial charge in [-0.2, -0.15) is 9.40 Å². The van der Waals surface area contributed by atoms with E-state index in [2.05, 4.69) is 5.10 Å². The Kier molecular flexibility index (Phi) is 7.40. The molecule has 200 valence electrons. The number of piperidine rings is 1. The summed E-state index contributed by atoms with van der Waals surface area (Å²) in [5, 5.41) is 4.46. The predicted molar refractivity (Wildman–Crippen MR) is 141 cm³/mol. The van der Waals surface area contributed by atoms with Crippen LogP contribution in [-0.4, -0.2) is 71.9 Å². The van der Waals surface area contributed by atoms with E-state index in [1.54, 1.807) is 18.7 Å². The highest BCUT2D eigenvalue weighted by molar-refractivity contribution is 7.89. The van der Waals surface area contributed by atoms with Gasteiger partial charge in [-0.05, 0) is 57.6 Å². The maximum absolute atomic E-state index is 13.8. The molecule has 9 nitrogen and oxygen atoms in total. The summed E-state index contributed by atoms with van der Waals surface area (Å²) < 4.78 is 30.6. The SMILES string of the molecule is Cc1nn(CC(=O)N2CCc3ccccc32)c(C)c1S(=O)(=O)N1CCC[C@H](C(=O)N2CCCCCC2)C1. The number of likely N-dealkylation sites (tertiary alicyclic amines) is 1. The molecule has 3 aliphatic heterocycles. The lowest BCUT2D eigenvalue weighted by Crippen LogP contribution is -2.47. The lowest BCUT2D eigenvalue weighted by Gasteiger charge is -2.34. The second-order valence-electron chi connectivity index (χ2n) is 10.5. The predicted octanol–water partition coefficient (Wildman–Crippen LogP) is 2.89. The van der Waals surface area contributed by atoms with E-state index in [0.717, 1.165) is 56.4 Å². The summed E-state index contributed by atoms with van der Waals surface area (Å²) in [6, 6.07) is 7.86. The number of nitrogens with zero attached hydrogens (tertiary/aromatic N) is 5. The van der Waals surface area contributed by atoms with Gasteiger partial charge in [0.15, 0.2) is 0 Å². The molecule has 2 fully saturated rings. The van der Waals surface area contributed by atoms with Gasteiger partial charge in [0.1, 0.15) is 11.4 Å². The van der Waals surface area contributed by atoms with Gasteiger partial charge in [0, 0.05) is 38.4 Å². The third-order valence-electron chi connectivity index (χ3n) is 8.04. The fraction of sp³-hybridized carbons (Fsp3) is 0.593. The molecule has 2 saturated heterocycles. The Morgan fingerprint density at radius 1 is 0.973 bits per heavy atom. The highest BCUT2D eigenvalue weighted by Crippen LogP contribution is 2.30. The van der Waals surface area contributed by atoms with Crippen LogP contribution in [0.4, 0.5) is 5.69 Å². The Morgan fingerprint density at radius 3 is 2.46 bits per heavy atom. The van der Waals surface area contributed by atoms with E-state index in [-0.39, 0.29) is 35.7 Å². The van der Waals surface area contributed by atoms with Crippen LogP contribution in [-0.2, 0) is 32.6 Å². The first-order chi connectivity index (χ1) is 17.8. The minimum Gasteiger partial charge on any atom is -0.342 e. The van der Waals surface area contributed by atoms with Gasteiger partial charge in [-0.1, -0.05) is 31.0 Å². The number of hydrogen-bond donors (Lipinski definition) is 0. The maximum atomic E-state index is 13.8. The normalized spacial score (nSPS) is 21.1. The van der Waals surface area contributed by atoms with E-state index in [1.807, 2.05) is 29.2 Å². The van der Waals surface area contributed by atoms with E-state index < -0.39 is 10.0 Å². The number of fused-ring (bicyclic) bond motifs is 1.